The van der Waals surface area contributed by atoms with Gasteiger partial charge in [-0.05, 0) is 38.6 Å². The second-order valence-electron chi connectivity index (χ2n) is 4.53. The maximum Gasteiger partial charge on any atom is 0.165 e. The molecular formula is C13H21FN2O. The zero-order valence-electron chi connectivity index (χ0n) is 10.9. The van der Waals surface area contributed by atoms with Crippen LogP contribution in [0.25, 0.3) is 0 Å². The zero-order valence-corrected chi connectivity index (χ0v) is 10.9. The lowest BCUT2D eigenvalue weighted by molar-refractivity contribution is 0.257. The Hall–Kier alpha value is -1.13. The van der Waals surface area contributed by atoms with E-state index in [1.165, 1.54) is 13.2 Å². The highest BCUT2D eigenvalue weighted by molar-refractivity contribution is 5.31. The van der Waals surface area contributed by atoms with Crippen molar-refractivity contribution in [2.24, 2.45) is 5.73 Å². The first-order valence-electron chi connectivity index (χ1n) is 5.75. The highest BCUT2D eigenvalue weighted by Gasteiger charge is 2.13. The van der Waals surface area contributed by atoms with Crippen LogP contribution in [-0.2, 0) is 0 Å². The fourth-order valence-electron chi connectivity index (χ4n) is 1.54. The van der Waals surface area contributed by atoms with Crippen LogP contribution in [0.15, 0.2) is 18.2 Å². The molecule has 17 heavy (non-hydrogen) atoms. The third kappa shape index (κ3) is 3.68. The molecule has 0 saturated carbocycles. The fourth-order valence-corrected chi connectivity index (χ4v) is 1.54. The van der Waals surface area contributed by atoms with E-state index in [2.05, 4.69) is 18.7 Å². The maximum absolute atomic E-state index is 13.5. The van der Waals surface area contributed by atoms with Crippen molar-refractivity contribution in [2.45, 2.75) is 25.9 Å². The average Bonchev–Trinajstić information content (AvgIpc) is 2.28. The Morgan fingerprint density at radius 2 is 2.06 bits per heavy atom. The van der Waals surface area contributed by atoms with Gasteiger partial charge in [-0.3, -0.25) is 0 Å². The van der Waals surface area contributed by atoms with Gasteiger partial charge in [0.1, 0.15) is 0 Å². The fraction of sp³-hybridized carbons (Fsp3) is 0.538. The van der Waals surface area contributed by atoms with E-state index in [1.807, 2.05) is 7.05 Å². The van der Waals surface area contributed by atoms with Crippen LogP contribution < -0.4 is 10.5 Å². The molecule has 1 rings (SSSR count). The van der Waals surface area contributed by atoms with E-state index in [0.717, 1.165) is 5.56 Å². The molecule has 0 aromatic heterocycles. The van der Waals surface area contributed by atoms with Crippen LogP contribution in [0.3, 0.4) is 0 Å². The molecular weight excluding hydrogens is 219 g/mol. The van der Waals surface area contributed by atoms with Gasteiger partial charge in [-0.15, -0.1) is 0 Å². The highest BCUT2D eigenvalue weighted by atomic mass is 19.1. The maximum atomic E-state index is 13.5. The molecule has 0 bridgehead atoms. The number of hydrogen-bond acceptors (Lipinski definition) is 3. The van der Waals surface area contributed by atoms with Crippen molar-refractivity contribution >= 4 is 0 Å². The summed E-state index contributed by atoms with van der Waals surface area (Å²) in [6.45, 7) is 4.89. The number of ether oxygens (including phenoxy) is 1. The first-order chi connectivity index (χ1) is 7.95. The van der Waals surface area contributed by atoms with Crippen molar-refractivity contribution < 1.29 is 9.13 Å². The van der Waals surface area contributed by atoms with Gasteiger partial charge >= 0.3 is 0 Å². The monoisotopic (exact) mass is 240 g/mol. The van der Waals surface area contributed by atoms with Crippen LogP contribution in [-0.4, -0.2) is 31.6 Å². The largest absolute Gasteiger partial charge is 0.494 e. The molecule has 0 fully saturated rings. The smallest absolute Gasteiger partial charge is 0.165 e. The third-order valence-electron chi connectivity index (χ3n) is 2.97. The Kier molecular flexibility index (Phi) is 4.90. The van der Waals surface area contributed by atoms with Gasteiger partial charge in [0.15, 0.2) is 11.6 Å². The molecule has 0 aliphatic rings. The third-order valence-corrected chi connectivity index (χ3v) is 2.97. The molecule has 4 heteroatoms. The molecule has 0 amide bonds. The highest BCUT2D eigenvalue weighted by Crippen LogP contribution is 2.21. The molecule has 0 aliphatic carbocycles. The summed E-state index contributed by atoms with van der Waals surface area (Å²) in [4.78, 5) is 2.13. The Balaban J connectivity index is 2.76. The van der Waals surface area contributed by atoms with Crippen molar-refractivity contribution in [3.63, 3.8) is 0 Å². The summed E-state index contributed by atoms with van der Waals surface area (Å²) < 4.78 is 18.4. The normalized spacial score (nSPS) is 13.2. The van der Waals surface area contributed by atoms with Crippen LogP contribution in [0.2, 0.25) is 0 Å². The van der Waals surface area contributed by atoms with Crippen molar-refractivity contribution in [1.82, 2.24) is 4.90 Å². The van der Waals surface area contributed by atoms with E-state index in [-0.39, 0.29) is 17.6 Å². The number of halogens is 1. The molecule has 0 saturated heterocycles. The SMILES string of the molecule is COc1ccc(C(N)CN(C)C(C)C)cc1F. The quantitative estimate of drug-likeness (QED) is 0.857. The minimum Gasteiger partial charge on any atom is -0.494 e. The number of methoxy groups -OCH3 is 1. The van der Waals surface area contributed by atoms with E-state index in [1.54, 1.807) is 12.1 Å². The van der Waals surface area contributed by atoms with E-state index in [0.29, 0.717) is 12.6 Å². The second kappa shape index (κ2) is 5.98. The van der Waals surface area contributed by atoms with E-state index >= 15 is 0 Å². The lowest BCUT2D eigenvalue weighted by Crippen LogP contribution is -2.33. The Morgan fingerprint density at radius 1 is 1.41 bits per heavy atom. The van der Waals surface area contributed by atoms with Gasteiger partial charge in [0, 0.05) is 18.6 Å². The molecule has 3 nitrogen and oxygen atoms in total. The molecule has 0 spiro atoms. The molecule has 96 valence electrons. The van der Waals surface area contributed by atoms with Gasteiger partial charge in [-0.25, -0.2) is 4.39 Å². The number of rotatable bonds is 5. The molecule has 2 N–H and O–H groups in total. The summed E-state index contributed by atoms with van der Waals surface area (Å²) in [5, 5.41) is 0. The Bertz CT molecular complexity index is 368. The van der Waals surface area contributed by atoms with Crippen LogP contribution in [0, 0.1) is 5.82 Å². The van der Waals surface area contributed by atoms with Gasteiger partial charge in [0.25, 0.3) is 0 Å². The van der Waals surface area contributed by atoms with E-state index < -0.39 is 0 Å². The topological polar surface area (TPSA) is 38.5 Å². The summed E-state index contributed by atoms with van der Waals surface area (Å²) in [7, 11) is 3.45. The molecule has 1 aromatic rings. The first-order valence-corrected chi connectivity index (χ1v) is 5.75. The van der Waals surface area contributed by atoms with Gasteiger partial charge in [0.05, 0.1) is 7.11 Å². The molecule has 0 heterocycles. The minimum absolute atomic E-state index is 0.192. The lowest BCUT2D eigenvalue weighted by Gasteiger charge is -2.25. The minimum atomic E-state index is -0.368. The van der Waals surface area contributed by atoms with Crippen LogP contribution in [0.4, 0.5) is 4.39 Å². The predicted octanol–water partition coefficient (Wildman–Crippen LogP) is 2.17. The van der Waals surface area contributed by atoms with Crippen molar-refractivity contribution in [1.29, 1.82) is 0 Å². The van der Waals surface area contributed by atoms with Crippen LogP contribution in [0.5, 0.6) is 5.75 Å². The van der Waals surface area contributed by atoms with E-state index in [4.69, 9.17) is 10.5 Å². The predicted molar refractivity (Wildman–Crippen MR) is 67.6 cm³/mol. The number of benzene rings is 1. The molecule has 1 aromatic carbocycles. The van der Waals surface area contributed by atoms with Gasteiger partial charge < -0.3 is 15.4 Å². The molecule has 1 unspecified atom stereocenters. The Labute approximate surface area is 102 Å². The van der Waals surface area contributed by atoms with Crippen LogP contribution in [0.1, 0.15) is 25.5 Å². The summed E-state index contributed by atoms with van der Waals surface area (Å²) in [6.07, 6.45) is 0. The van der Waals surface area contributed by atoms with Gasteiger partial charge in [-0.2, -0.15) is 0 Å². The van der Waals surface area contributed by atoms with Crippen LogP contribution >= 0.6 is 0 Å². The zero-order chi connectivity index (χ0) is 13.0. The van der Waals surface area contributed by atoms with Crippen molar-refractivity contribution in [3.8, 4) is 5.75 Å². The number of likely N-dealkylation sites (N-methyl/N-ethyl adjacent to an activating group) is 1. The van der Waals surface area contributed by atoms with Gasteiger partial charge in [0.2, 0.25) is 0 Å². The van der Waals surface area contributed by atoms with Gasteiger partial charge in [-0.1, -0.05) is 6.07 Å². The van der Waals surface area contributed by atoms with Crippen molar-refractivity contribution in [3.05, 3.63) is 29.6 Å². The first kappa shape index (κ1) is 13.9. The summed E-state index contributed by atoms with van der Waals surface area (Å²) in [6, 6.07) is 5.09. The lowest BCUT2D eigenvalue weighted by atomic mass is 10.1. The van der Waals surface area contributed by atoms with E-state index in [9.17, 15) is 4.39 Å². The molecule has 0 aliphatic heterocycles. The molecule has 0 radical (unpaired) electrons. The molecule has 1 atom stereocenters. The average molecular weight is 240 g/mol. The number of hydrogen-bond donors (Lipinski definition) is 1. The number of nitrogens with zero attached hydrogens (tertiary/aromatic N) is 1. The van der Waals surface area contributed by atoms with Crippen molar-refractivity contribution in [2.75, 3.05) is 20.7 Å². The summed E-state index contributed by atoms with van der Waals surface area (Å²) >= 11 is 0. The standard InChI is InChI=1S/C13H21FN2O/c1-9(2)16(3)8-12(15)10-5-6-13(17-4)11(14)7-10/h5-7,9,12H,8,15H2,1-4H3. The Morgan fingerprint density at radius 3 is 2.53 bits per heavy atom. The number of nitrogens with two attached hydrogens (primary N) is 1. The summed E-state index contributed by atoms with van der Waals surface area (Å²) in [5.41, 5.74) is 6.83. The second-order valence-corrected chi connectivity index (χ2v) is 4.53. The summed E-state index contributed by atoms with van der Waals surface area (Å²) in [5.74, 6) is -0.120.